The molecule has 1 heterocycles. The molecular weight excluding hydrogens is 532 g/mol. The lowest BCUT2D eigenvalue weighted by Gasteiger charge is -2.12. The van der Waals surface area contributed by atoms with Gasteiger partial charge in [-0.15, -0.1) is 0 Å². The van der Waals surface area contributed by atoms with Crippen LogP contribution in [0.15, 0.2) is 169 Å². The van der Waals surface area contributed by atoms with Gasteiger partial charge in [0, 0.05) is 33.7 Å². The molecule has 7 aromatic rings. The molecule has 0 amide bonds. The molecule has 0 spiro atoms. The summed E-state index contributed by atoms with van der Waals surface area (Å²) in [5.74, 6) is 0.207. The first-order valence-electron chi connectivity index (χ1n) is 15.2. The molecule has 0 aliphatic heterocycles. The summed E-state index contributed by atoms with van der Waals surface area (Å²) in [6, 6.07) is 56.0. The molecule has 2 nitrogen and oxygen atoms in total. The van der Waals surface area contributed by atoms with Gasteiger partial charge in [0.05, 0.1) is 16.7 Å². The van der Waals surface area contributed by atoms with Gasteiger partial charge in [0.15, 0.2) is 0 Å². The number of rotatable bonds is 7. The smallest absolute Gasteiger partial charge is 0.0671 e. The molecule has 0 radical (unpaired) electrons. The van der Waals surface area contributed by atoms with E-state index in [0.29, 0.717) is 0 Å². The van der Waals surface area contributed by atoms with Crippen molar-refractivity contribution in [2.45, 2.75) is 19.8 Å². The fourth-order valence-corrected chi connectivity index (χ4v) is 6.06. The van der Waals surface area contributed by atoms with Crippen LogP contribution in [0.3, 0.4) is 0 Å². The summed E-state index contributed by atoms with van der Waals surface area (Å²) in [6.07, 6.45) is 2.30. The number of hydrogen-bond donors (Lipinski definition) is 0. The Kier molecular flexibility index (Phi) is 7.48. The number of benzene rings is 6. The van der Waals surface area contributed by atoms with Gasteiger partial charge in [0.25, 0.3) is 0 Å². The van der Waals surface area contributed by atoms with Crippen LogP contribution in [0.25, 0.3) is 44.3 Å². The van der Waals surface area contributed by atoms with Crippen LogP contribution in [-0.4, -0.2) is 10.3 Å². The van der Waals surface area contributed by atoms with Crippen LogP contribution < -0.4 is 0 Å². The van der Waals surface area contributed by atoms with Crippen LogP contribution in [0.4, 0.5) is 0 Å². The van der Waals surface area contributed by atoms with Gasteiger partial charge in [0.1, 0.15) is 0 Å². The van der Waals surface area contributed by atoms with Gasteiger partial charge in [-0.3, -0.25) is 4.99 Å². The van der Waals surface area contributed by atoms with Crippen molar-refractivity contribution in [3.8, 4) is 16.8 Å². The monoisotopic (exact) mass is 566 g/mol. The second-order valence-corrected chi connectivity index (χ2v) is 11.3. The van der Waals surface area contributed by atoms with E-state index in [1.807, 2.05) is 6.07 Å². The average Bonchev–Trinajstić information content (AvgIpc) is 3.43. The zero-order valence-corrected chi connectivity index (χ0v) is 25.1. The highest BCUT2D eigenvalue weighted by molar-refractivity contribution is 6.10. The minimum atomic E-state index is 0.207. The zero-order valence-electron chi connectivity index (χ0n) is 25.1. The van der Waals surface area contributed by atoms with E-state index in [1.54, 1.807) is 0 Å². The first-order valence-corrected chi connectivity index (χ1v) is 15.2. The number of aromatic nitrogens is 1. The Morgan fingerprint density at radius 3 is 1.89 bits per heavy atom. The molecule has 0 aliphatic carbocycles. The Balaban J connectivity index is 1.36. The van der Waals surface area contributed by atoms with Crippen molar-refractivity contribution in [3.63, 3.8) is 0 Å². The van der Waals surface area contributed by atoms with Crippen molar-refractivity contribution in [1.29, 1.82) is 0 Å². The molecule has 1 atom stereocenters. The molecule has 1 aromatic heterocycles. The average molecular weight is 567 g/mol. The number of aliphatic imine (C=N–C) groups is 1. The molecule has 212 valence electrons. The van der Waals surface area contributed by atoms with E-state index in [4.69, 9.17) is 4.99 Å². The van der Waals surface area contributed by atoms with Crippen molar-refractivity contribution < 1.29 is 0 Å². The molecule has 0 N–H and O–H groups in total. The Hall–Kier alpha value is -5.47. The Morgan fingerprint density at radius 2 is 1.16 bits per heavy atom. The topological polar surface area (TPSA) is 17.3 Å². The van der Waals surface area contributed by atoms with E-state index >= 15 is 0 Å². The number of allylic oxidation sites excluding steroid dienone is 1. The van der Waals surface area contributed by atoms with Crippen LogP contribution >= 0.6 is 0 Å². The molecule has 0 bridgehead atoms. The summed E-state index contributed by atoms with van der Waals surface area (Å²) in [4.78, 5) is 5.24. The molecule has 0 fully saturated rings. The van der Waals surface area contributed by atoms with E-state index in [9.17, 15) is 0 Å². The van der Waals surface area contributed by atoms with Crippen molar-refractivity contribution in [2.75, 3.05) is 0 Å². The molecule has 0 saturated heterocycles. The SMILES string of the molecule is CC(=N/C(=C\C(C)c1ccccc1)c1ccc2c(c1)c1ccccc1n2-c1ccc(-c2ccccc2)cc1)c1ccccc1. The van der Waals surface area contributed by atoms with Crippen molar-refractivity contribution >= 4 is 33.2 Å². The summed E-state index contributed by atoms with van der Waals surface area (Å²) in [6.45, 7) is 4.34. The van der Waals surface area contributed by atoms with Gasteiger partial charge in [-0.25, -0.2) is 0 Å². The summed E-state index contributed by atoms with van der Waals surface area (Å²) >= 11 is 0. The largest absolute Gasteiger partial charge is 0.309 e. The highest BCUT2D eigenvalue weighted by Gasteiger charge is 2.15. The second kappa shape index (κ2) is 12.0. The van der Waals surface area contributed by atoms with Crippen LogP contribution in [0.5, 0.6) is 0 Å². The number of para-hydroxylation sites is 1. The summed E-state index contributed by atoms with van der Waals surface area (Å²) < 4.78 is 2.37. The highest BCUT2D eigenvalue weighted by atomic mass is 15.0. The lowest BCUT2D eigenvalue weighted by atomic mass is 9.97. The normalized spacial score (nSPS) is 13.0. The third-order valence-electron chi connectivity index (χ3n) is 8.41. The van der Waals surface area contributed by atoms with Gasteiger partial charge in [-0.05, 0) is 59.5 Å². The maximum absolute atomic E-state index is 5.24. The molecule has 6 aromatic carbocycles. The number of hydrogen-bond acceptors (Lipinski definition) is 1. The maximum Gasteiger partial charge on any atom is 0.0671 e. The van der Waals surface area contributed by atoms with Crippen LogP contribution in [0.1, 0.15) is 36.5 Å². The lowest BCUT2D eigenvalue weighted by Crippen LogP contribution is -1.97. The molecule has 7 rings (SSSR count). The van der Waals surface area contributed by atoms with Gasteiger partial charge >= 0.3 is 0 Å². The van der Waals surface area contributed by atoms with E-state index in [-0.39, 0.29) is 5.92 Å². The summed E-state index contributed by atoms with van der Waals surface area (Å²) in [5, 5.41) is 2.45. The molecule has 2 heteroatoms. The van der Waals surface area contributed by atoms with Crippen LogP contribution in [-0.2, 0) is 0 Å². The Bertz CT molecular complexity index is 2100. The minimum absolute atomic E-state index is 0.207. The van der Waals surface area contributed by atoms with Gasteiger partial charge in [0.2, 0.25) is 0 Å². The van der Waals surface area contributed by atoms with E-state index in [1.165, 1.54) is 38.5 Å². The lowest BCUT2D eigenvalue weighted by molar-refractivity contribution is 0.967. The first kappa shape index (κ1) is 27.4. The molecule has 0 saturated carbocycles. The Labute approximate surface area is 259 Å². The summed E-state index contributed by atoms with van der Waals surface area (Å²) in [5.41, 5.74) is 11.4. The minimum Gasteiger partial charge on any atom is -0.309 e. The maximum atomic E-state index is 5.24. The molecule has 44 heavy (non-hydrogen) atoms. The number of fused-ring (bicyclic) bond motifs is 3. The van der Waals surface area contributed by atoms with Crippen LogP contribution in [0.2, 0.25) is 0 Å². The highest BCUT2D eigenvalue weighted by Crippen LogP contribution is 2.35. The fourth-order valence-electron chi connectivity index (χ4n) is 6.06. The van der Waals surface area contributed by atoms with E-state index < -0.39 is 0 Å². The van der Waals surface area contributed by atoms with Crippen LogP contribution in [0, 0.1) is 0 Å². The molecule has 0 aliphatic rings. The third kappa shape index (κ3) is 5.39. The molecular formula is C42H34N2. The van der Waals surface area contributed by atoms with Crippen molar-refractivity contribution in [1.82, 2.24) is 4.57 Å². The second-order valence-electron chi connectivity index (χ2n) is 11.3. The van der Waals surface area contributed by atoms with Crippen molar-refractivity contribution in [3.05, 3.63) is 180 Å². The first-order chi connectivity index (χ1) is 21.7. The number of nitrogens with zero attached hydrogens (tertiary/aromatic N) is 2. The quantitative estimate of drug-likeness (QED) is 0.171. The standard InChI is InChI=1S/C42H34N2/c1-30(32-14-6-3-7-15-32)28-40(43-31(2)33-16-8-4-9-17-33)36-24-27-42-39(29-36)38-20-12-13-21-41(38)44(42)37-25-22-35(23-26-37)34-18-10-5-11-19-34/h3-30H,1-2H3/b40-28-,43-31?. The predicted octanol–water partition coefficient (Wildman–Crippen LogP) is 11.1. The third-order valence-corrected chi connectivity index (χ3v) is 8.41. The van der Waals surface area contributed by atoms with Gasteiger partial charge in [-0.1, -0.05) is 140 Å². The van der Waals surface area contributed by atoms with Gasteiger partial charge in [-0.2, -0.15) is 0 Å². The zero-order chi connectivity index (χ0) is 29.9. The van der Waals surface area contributed by atoms with E-state index in [2.05, 4.69) is 176 Å². The van der Waals surface area contributed by atoms with Crippen molar-refractivity contribution in [2.24, 2.45) is 4.99 Å². The predicted molar refractivity (Wildman–Crippen MR) is 188 cm³/mol. The summed E-state index contributed by atoms with van der Waals surface area (Å²) in [7, 11) is 0. The van der Waals surface area contributed by atoms with E-state index in [0.717, 1.165) is 28.2 Å². The Morgan fingerprint density at radius 1 is 0.568 bits per heavy atom. The van der Waals surface area contributed by atoms with Gasteiger partial charge < -0.3 is 4.57 Å². The molecule has 1 unspecified atom stereocenters. The fraction of sp³-hybridized carbons (Fsp3) is 0.0714.